The Balaban J connectivity index is 2.22. The Hall–Kier alpha value is -0.630. The fourth-order valence-corrected chi connectivity index (χ4v) is 3.20. The molecule has 122 valence electrons. The van der Waals surface area contributed by atoms with Gasteiger partial charge in [0, 0.05) is 11.5 Å². The van der Waals surface area contributed by atoms with E-state index in [9.17, 15) is 13.2 Å². The predicted octanol–water partition coefficient (Wildman–Crippen LogP) is 4.82. The molecule has 0 aliphatic carbocycles. The van der Waals surface area contributed by atoms with Gasteiger partial charge in [-0.2, -0.15) is 13.2 Å². The number of aliphatic imine (C=N–C) groups is 1. The highest BCUT2D eigenvalue weighted by molar-refractivity contribution is 7.99. The highest BCUT2D eigenvalue weighted by Gasteiger charge is 2.28. The Kier molecular flexibility index (Phi) is 5.87. The molecule has 22 heavy (non-hydrogen) atoms. The minimum absolute atomic E-state index is 0.147. The number of amidine groups is 1. The number of rotatable bonds is 4. The fourth-order valence-electron chi connectivity index (χ4n) is 1.90. The molecular formula is C13H13Cl2F3N2OS. The molecule has 0 spiro atoms. The van der Waals surface area contributed by atoms with Gasteiger partial charge in [-0.1, -0.05) is 23.2 Å². The first-order chi connectivity index (χ1) is 10.3. The van der Waals surface area contributed by atoms with Gasteiger partial charge in [-0.25, -0.2) is 4.99 Å². The minimum atomic E-state index is -4.28. The van der Waals surface area contributed by atoms with Crippen molar-refractivity contribution in [1.29, 1.82) is 0 Å². The summed E-state index contributed by atoms with van der Waals surface area (Å²) in [4.78, 5) is 4.42. The van der Waals surface area contributed by atoms with Crippen molar-refractivity contribution in [1.82, 2.24) is 0 Å². The molecule has 0 bridgehead atoms. The number of hydrogen-bond donors (Lipinski definition) is 1. The van der Waals surface area contributed by atoms with Crippen LogP contribution >= 0.6 is 35.0 Å². The summed E-state index contributed by atoms with van der Waals surface area (Å²) < 4.78 is 42.3. The topological polar surface area (TPSA) is 47.6 Å². The second-order valence-electron chi connectivity index (χ2n) is 4.68. The van der Waals surface area contributed by atoms with Gasteiger partial charge in [0.1, 0.15) is 11.9 Å². The van der Waals surface area contributed by atoms with Gasteiger partial charge >= 0.3 is 6.18 Å². The maximum absolute atomic E-state index is 12.3. The molecule has 1 aliphatic heterocycles. The summed E-state index contributed by atoms with van der Waals surface area (Å²) in [5.74, 6) is -0.785. The van der Waals surface area contributed by atoms with Gasteiger partial charge in [-0.05, 0) is 25.0 Å². The summed E-state index contributed by atoms with van der Waals surface area (Å²) in [5.41, 5.74) is 6.14. The average Bonchev–Trinajstić information content (AvgIpc) is 2.93. The molecule has 2 N–H and O–H groups in total. The van der Waals surface area contributed by atoms with Crippen molar-refractivity contribution in [2.24, 2.45) is 10.7 Å². The van der Waals surface area contributed by atoms with Crippen LogP contribution in [0.25, 0.3) is 0 Å². The molecule has 3 nitrogen and oxygen atoms in total. The van der Waals surface area contributed by atoms with Crippen LogP contribution in [-0.4, -0.2) is 30.5 Å². The second-order valence-corrected chi connectivity index (χ2v) is 6.51. The number of nitrogens with two attached hydrogens (primary N) is 1. The first-order valence-electron chi connectivity index (χ1n) is 6.40. The summed E-state index contributed by atoms with van der Waals surface area (Å²) in [6.07, 6.45) is -2.91. The average molecular weight is 373 g/mol. The minimum Gasteiger partial charge on any atom is -0.385 e. The van der Waals surface area contributed by atoms with Crippen molar-refractivity contribution < 1.29 is 17.9 Å². The van der Waals surface area contributed by atoms with E-state index in [4.69, 9.17) is 33.7 Å². The van der Waals surface area contributed by atoms with Crippen molar-refractivity contribution in [3.05, 3.63) is 22.2 Å². The second kappa shape index (κ2) is 7.29. The molecule has 0 aromatic heterocycles. The lowest BCUT2D eigenvalue weighted by Crippen LogP contribution is -2.27. The van der Waals surface area contributed by atoms with Crippen LogP contribution in [0.5, 0.6) is 0 Å². The van der Waals surface area contributed by atoms with E-state index in [1.807, 2.05) is 0 Å². The summed E-state index contributed by atoms with van der Waals surface area (Å²) in [6, 6.07) is 2.77. The van der Waals surface area contributed by atoms with Crippen molar-refractivity contribution in [3.63, 3.8) is 0 Å². The normalized spacial score (nSPS) is 19.7. The lowest BCUT2D eigenvalue weighted by molar-refractivity contribution is -0.105. The first-order valence-corrected chi connectivity index (χ1v) is 8.14. The molecule has 1 aromatic carbocycles. The summed E-state index contributed by atoms with van der Waals surface area (Å²) in [6.45, 7) is 0.613. The van der Waals surface area contributed by atoms with Crippen LogP contribution in [0.1, 0.15) is 12.8 Å². The highest BCUT2D eigenvalue weighted by Crippen LogP contribution is 2.38. The molecule has 0 radical (unpaired) electrons. The Bertz CT molecular complexity index is 575. The molecule has 1 heterocycles. The van der Waals surface area contributed by atoms with E-state index >= 15 is 0 Å². The first kappa shape index (κ1) is 17.7. The SMILES string of the molecule is N/C(=N\c1cc(SCC(F)(F)F)c(Cl)cc1Cl)C1CCCO1. The van der Waals surface area contributed by atoms with Crippen LogP contribution in [0.15, 0.2) is 22.0 Å². The molecule has 0 saturated carbocycles. The number of alkyl halides is 3. The number of hydrogen-bond acceptors (Lipinski definition) is 3. The number of halogens is 5. The van der Waals surface area contributed by atoms with Gasteiger partial charge in [-0.3, -0.25) is 0 Å². The van der Waals surface area contributed by atoms with Crippen LogP contribution in [0, 0.1) is 0 Å². The van der Waals surface area contributed by atoms with E-state index in [0.717, 1.165) is 12.8 Å². The Morgan fingerprint density at radius 2 is 2.09 bits per heavy atom. The van der Waals surface area contributed by atoms with Crippen molar-refractivity contribution >= 4 is 46.5 Å². The number of ether oxygens (including phenoxy) is 1. The quantitative estimate of drug-likeness (QED) is 0.468. The molecule has 1 fully saturated rings. The van der Waals surface area contributed by atoms with E-state index in [1.165, 1.54) is 12.1 Å². The summed E-state index contributed by atoms with van der Waals surface area (Å²) >= 11 is 12.5. The van der Waals surface area contributed by atoms with E-state index in [-0.39, 0.29) is 32.6 Å². The Labute approximate surface area is 140 Å². The molecule has 1 aliphatic rings. The van der Waals surface area contributed by atoms with Crippen molar-refractivity contribution in [3.8, 4) is 0 Å². The standard InChI is InChI=1S/C13H13Cl2F3N2OS/c14-7-4-8(15)11(22-6-13(16,17)18)5-9(7)20-12(19)10-2-1-3-21-10/h4-5,10H,1-3,6H2,(H2,19,20). The zero-order valence-electron chi connectivity index (χ0n) is 11.3. The number of nitrogens with zero attached hydrogens (tertiary/aromatic N) is 1. The van der Waals surface area contributed by atoms with Gasteiger partial charge in [0.15, 0.2) is 0 Å². The van der Waals surface area contributed by atoms with Gasteiger partial charge in [0.2, 0.25) is 0 Å². The van der Waals surface area contributed by atoms with Crippen LogP contribution in [-0.2, 0) is 4.74 Å². The van der Waals surface area contributed by atoms with Gasteiger partial charge in [0.05, 0.1) is 21.5 Å². The van der Waals surface area contributed by atoms with E-state index in [0.29, 0.717) is 18.4 Å². The van der Waals surface area contributed by atoms with E-state index < -0.39 is 11.9 Å². The van der Waals surface area contributed by atoms with Gasteiger partial charge in [-0.15, -0.1) is 11.8 Å². The third-order valence-corrected chi connectivity index (χ3v) is 4.75. The molecular weight excluding hydrogens is 360 g/mol. The highest BCUT2D eigenvalue weighted by atomic mass is 35.5. The van der Waals surface area contributed by atoms with E-state index in [1.54, 1.807) is 0 Å². The van der Waals surface area contributed by atoms with E-state index in [2.05, 4.69) is 4.99 Å². The fraction of sp³-hybridized carbons (Fsp3) is 0.462. The molecule has 1 atom stereocenters. The predicted molar refractivity (Wildman–Crippen MR) is 83.5 cm³/mol. The largest absolute Gasteiger partial charge is 0.398 e. The van der Waals surface area contributed by atoms with Crippen LogP contribution in [0.2, 0.25) is 10.0 Å². The van der Waals surface area contributed by atoms with Crippen molar-refractivity contribution in [2.75, 3.05) is 12.4 Å². The lowest BCUT2D eigenvalue weighted by Gasteiger charge is -2.11. The monoisotopic (exact) mass is 372 g/mol. The molecule has 2 rings (SSSR count). The molecule has 0 amide bonds. The molecule has 1 unspecified atom stereocenters. The Morgan fingerprint density at radius 1 is 1.36 bits per heavy atom. The zero-order chi connectivity index (χ0) is 16.3. The molecule has 1 aromatic rings. The molecule has 1 saturated heterocycles. The van der Waals surface area contributed by atoms with Gasteiger partial charge < -0.3 is 10.5 Å². The van der Waals surface area contributed by atoms with Crippen LogP contribution in [0.3, 0.4) is 0 Å². The lowest BCUT2D eigenvalue weighted by atomic mass is 10.2. The van der Waals surface area contributed by atoms with Crippen LogP contribution < -0.4 is 5.73 Å². The third-order valence-electron chi connectivity index (χ3n) is 2.90. The number of thioether (sulfide) groups is 1. The third kappa shape index (κ3) is 4.94. The maximum Gasteiger partial charge on any atom is 0.398 e. The van der Waals surface area contributed by atoms with Crippen molar-refractivity contribution in [2.45, 2.75) is 30.0 Å². The van der Waals surface area contributed by atoms with Gasteiger partial charge in [0.25, 0.3) is 0 Å². The number of benzene rings is 1. The summed E-state index contributed by atoms with van der Waals surface area (Å²) in [5, 5.41) is 0.371. The smallest absolute Gasteiger partial charge is 0.385 e. The maximum atomic E-state index is 12.3. The Morgan fingerprint density at radius 3 is 2.68 bits per heavy atom. The molecule has 9 heteroatoms. The van der Waals surface area contributed by atoms with Crippen LogP contribution in [0.4, 0.5) is 18.9 Å². The summed E-state index contributed by atoms with van der Waals surface area (Å²) in [7, 11) is 0. The zero-order valence-corrected chi connectivity index (χ0v) is 13.6.